The van der Waals surface area contributed by atoms with Crippen LogP contribution in [0.25, 0.3) is 0 Å². The SMILES string of the molecule is CCc1nc(N2CCN(C)[C@@H](CCO)C2)ncc1C. The zero-order valence-electron chi connectivity index (χ0n) is 12.1. The lowest BCUT2D eigenvalue weighted by Crippen LogP contribution is -2.52. The lowest BCUT2D eigenvalue weighted by atomic mass is 10.1. The van der Waals surface area contributed by atoms with E-state index in [-0.39, 0.29) is 6.61 Å². The van der Waals surface area contributed by atoms with Gasteiger partial charge in [0.05, 0.1) is 0 Å². The van der Waals surface area contributed by atoms with E-state index in [1.165, 1.54) is 0 Å². The van der Waals surface area contributed by atoms with Crippen molar-refractivity contribution in [2.24, 2.45) is 0 Å². The summed E-state index contributed by atoms with van der Waals surface area (Å²) in [6, 6.07) is 0.383. The minimum absolute atomic E-state index is 0.234. The van der Waals surface area contributed by atoms with Crippen LogP contribution in [0, 0.1) is 6.92 Å². The molecule has 0 aromatic carbocycles. The van der Waals surface area contributed by atoms with Gasteiger partial charge in [-0.1, -0.05) is 6.92 Å². The van der Waals surface area contributed by atoms with E-state index in [0.29, 0.717) is 6.04 Å². The minimum atomic E-state index is 0.234. The predicted octanol–water partition coefficient (Wildman–Crippen LogP) is 0.850. The first-order valence-corrected chi connectivity index (χ1v) is 7.04. The zero-order chi connectivity index (χ0) is 13.8. The van der Waals surface area contributed by atoms with Gasteiger partial charge in [0.25, 0.3) is 0 Å². The van der Waals surface area contributed by atoms with Crippen LogP contribution in [-0.4, -0.2) is 59.3 Å². The van der Waals surface area contributed by atoms with E-state index in [1.807, 2.05) is 6.20 Å². The monoisotopic (exact) mass is 264 g/mol. The Bertz CT molecular complexity index is 424. The van der Waals surface area contributed by atoms with E-state index in [4.69, 9.17) is 5.11 Å². The highest BCUT2D eigenvalue weighted by Crippen LogP contribution is 2.17. The summed E-state index contributed by atoms with van der Waals surface area (Å²) >= 11 is 0. The summed E-state index contributed by atoms with van der Waals surface area (Å²) in [4.78, 5) is 13.7. The first-order valence-electron chi connectivity index (χ1n) is 7.04. The molecular weight excluding hydrogens is 240 g/mol. The second-order valence-electron chi connectivity index (χ2n) is 5.25. The Morgan fingerprint density at radius 2 is 2.21 bits per heavy atom. The van der Waals surface area contributed by atoms with Crippen LogP contribution >= 0.6 is 0 Å². The average Bonchev–Trinajstić information content (AvgIpc) is 2.42. The van der Waals surface area contributed by atoms with Crippen molar-refractivity contribution >= 4 is 5.95 Å². The van der Waals surface area contributed by atoms with Gasteiger partial charge in [-0.2, -0.15) is 0 Å². The van der Waals surface area contributed by atoms with Crippen molar-refractivity contribution in [3.63, 3.8) is 0 Å². The lowest BCUT2D eigenvalue weighted by Gasteiger charge is -2.39. The van der Waals surface area contributed by atoms with Crippen LogP contribution in [-0.2, 0) is 6.42 Å². The summed E-state index contributed by atoms with van der Waals surface area (Å²) < 4.78 is 0. The number of rotatable bonds is 4. The molecule has 2 rings (SSSR count). The Morgan fingerprint density at radius 3 is 2.89 bits per heavy atom. The molecule has 1 aliphatic heterocycles. The molecule has 1 aromatic rings. The van der Waals surface area contributed by atoms with Crippen molar-refractivity contribution in [2.45, 2.75) is 32.7 Å². The van der Waals surface area contributed by atoms with Crippen molar-refractivity contribution in [1.82, 2.24) is 14.9 Å². The highest BCUT2D eigenvalue weighted by Gasteiger charge is 2.25. The largest absolute Gasteiger partial charge is 0.396 e. The van der Waals surface area contributed by atoms with Gasteiger partial charge in [-0.25, -0.2) is 9.97 Å². The number of piperazine rings is 1. The summed E-state index contributed by atoms with van der Waals surface area (Å²) in [6.45, 7) is 7.24. The maximum absolute atomic E-state index is 9.14. The fourth-order valence-electron chi connectivity index (χ4n) is 2.57. The topological polar surface area (TPSA) is 52.5 Å². The Hall–Kier alpha value is -1.20. The molecule has 1 aromatic heterocycles. The third-order valence-corrected chi connectivity index (χ3v) is 3.92. The van der Waals surface area contributed by atoms with Gasteiger partial charge in [-0.05, 0) is 32.4 Å². The molecule has 0 spiro atoms. The van der Waals surface area contributed by atoms with Crippen LogP contribution in [0.1, 0.15) is 24.6 Å². The van der Waals surface area contributed by atoms with Gasteiger partial charge in [0.2, 0.25) is 5.95 Å². The van der Waals surface area contributed by atoms with Crippen LogP contribution in [0.2, 0.25) is 0 Å². The van der Waals surface area contributed by atoms with E-state index in [1.54, 1.807) is 0 Å². The molecule has 0 amide bonds. The van der Waals surface area contributed by atoms with Gasteiger partial charge in [0, 0.05) is 44.2 Å². The van der Waals surface area contributed by atoms with Crippen LogP contribution in [0.3, 0.4) is 0 Å². The second kappa shape index (κ2) is 6.30. The Balaban J connectivity index is 2.13. The summed E-state index contributed by atoms with van der Waals surface area (Å²) in [5.74, 6) is 0.832. The molecule has 5 heteroatoms. The molecule has 0 bridgehead atoms. The second-order valence-corrected chi connectivity index (χ2v) is 5.25. The molecule has 1 fully saturated rings. The van der Waals surface area contributed by atoms with Crippen molar-refractivity contribution in [2.75, 3.05) is 38.2 Å². The predicted molar refractivity (Wildman–Crippen MR) is 76.5 cm³/mol. The number of aromatic nitrogens is 2. The normalized spacial score (nSPS) is 20.8. The summed E-state index contributed by atoms with van der Waals surface area (Å²) in [7, 11) is 2.12. The maximum atomic E-state index is 9.14. The molecule has 2 heterocycles. The molecule has 0 saturated carbocycles. The summed E-state index contributed by atoms with van der Waals surface area (Å²) in [5, 5.41) is 9.14. The summed E-state index contributed by atoms with van der Waals surface area (Å²) in [6.07, 6.45) is 3.66. The molecule has 106 valence electrons. The molecule has 0 unspecified atom stereocenters. The Labute approximate surface area is 115 Å². The third kappa shape index (κ3) is 3.22. The molecular formula is C14H24N4O. The maximum Gasteiger partial charge on any atom is 0.225 e. The Kier molecular flexibility index (Phi) is 4.71. The number of aryl methyl sites for hydroxylation is 2. The summed E-state index contributed by atoms with van der Waals surface area (Å²) in [5.41, 5.74) is 2.29. The van der Waals surface area contributed by atoms with Gasteiger partial charge in [-0.15, -0.1) is 0 Å². The van der Waals surface area contributed by atoms with Crippen molar-refractivity contribution in [3.05, 3.63) is 17.5 Å². The molecule has 5 nitrogen and oxygen atoms in total. The number of likely N-dealkylation sites (N-methyl/N-ethyl adjacent to an activating group) is 1. The van der Waals surface area contributed by atoms with E-state index >= 15 is 0 Å². The average molecular weight is 264 g/mol. The van der Waals surface area contributed by atoms with Crippen molar-refractivity contribution < 1.29 is 5.11 Å². The van der Waals surface area contributed by atoms with Crippen LogP contribution in [0.4, 0.5) is 5.95 Å². The fraction of sp³-hybridized carbons (Fsp3) is 0.714. The highest BCUT2D eigenvalue weighted by molar-refractivity contribution is 5.34. The van der Waals surface area contributed by atoms with Crippen LogP contribution in [0.5, 0.6) is 0 Å². The number of hydrogen-bond donors (Lipinski definition) is 1. The van der Waals surface area contributed by atoms with Gasteiger partial charge in [0.15, 0.2) is 0 Å². The van der Waals surface area contributed by atoms with Crippen molar-refractivity contribution in [3.8, 4) is 0 Å². The molecule has 1 aliphatic rings. The van der Waals surface area contributed by atoms with Gasteiger partial charge < -0.3 is 10.0 Å². The number of aliphatic hydroxyl groups is 1. The number of hydrogen-bond acceptors (Lipinski definition) is 5. The Morgan fingerprint density at radius 1 is 1.42 bits per heavy atom. The molecule has 1 saturated heterocycles. The highest BCUT2D eigenvalue weighted by atomic mass is 16.3. The molecule has 1 atom stereocenters. The van der Waals surface area contributed by atoms with Gasteiger partial charge >= 0.3 is 0 Å². The third-order valence-electron chi connectivity index (χ3n) is 3.92. The molecule has 1 N–H and O–H groups in total. The lowest BCUT2D eigenvalue weighted by molar-refractivity contribution is 0.170. The van der Waals surface area contributed by atoms with Crippen LogP contribution < -0.4 is 4.90 Å². The van der Waals surface area contributed by atoms with Gasteiger partial charge in [-0.3, -0.25) is 4.90 Å². The number of anilines is 1. The fourth-order valence-corrected chi connectivity index (χ4v) is 2.57. The standard InChI is InChI=1S/C14H24N4O/c1-4-13-11(2)9-15-14(16-13)18-7-6-17(3)12(10-18)5-8-19/h9,12,19H,4-8,10H2,1-3H3/t12-/m0/s1. The molecule has 0 aliphatic carbocycles. The van der Waals surface area contributed by atoms with E-state index in [0.717, 1.165) is 49.7 Å². The van der Waals surface area contributed by atoms with Crippen LogP contribution in [0.15, 0.2) is 6.20 Å². The van der Waals surface area contributed by atoms with Gasteiger partial charge in [0.1, 0.15) is 0 Å². The smallest absolute Gasteiger partial charge is 0.225 e. The zero-order valence-corrected chi connectivity index (χ0v) is 12.1. The van der Waals surface area contributed by atoms with Crippen molar-refractivity contribution in [1.29, 1.82) is 0 Å². The number of nitrogens with zero attached hydrogens (tertiary/aromatic N) is 4. The van der Waals surface area contributed by atoms with E-state index < -0.39 is 0 Å². The quantitative estimate of drug-likeness (QED) is 0.874. The number of aliphatic hydroxyl groups excluding tert-OH is 1. The molecule has 19 heavy (non-hydrogen) atoms. The molecule has 0 radical (unpaired) electrons. The van der Waals surface area contributed by atoms with E-state index in [9.17, 15) is 0 Å². The minimum Gasteiger partial charge on any atom is -0.396 e. The first-order chi connectivity index (χ1) is 9.15. The first kappa shape index (κ1) is 14.2. The van der Waals surface area contributed by atoms with E-state index in [2.05, 4.69) is 40.7 Å².